The highest BCUT2D eigenvalue weighted by Gasteiger charge is 2.29. The molecule has 1 aromatic carbocycles. The van der Waals surface area contributed by atoms with Gasteiger partial charge in [-0.05, 0) is 50.9 Å². The Labute approximate surface area is 138 Å². The van der Waals surface area contributed by atoms with E-state index >= 15 is 0 Å². The smallest absolute Gasteiger partial charge is 0.323 e. The predicted octanol–water partition coefficient (Wildman–Crippen LogP) is 3.01. The monoisotopic (exact) mass is 321 g/mol. The third-order valence-electron chi connectivity index (χ3n) is 4.09. The molecule has 23 heavy (non-hydrogen) atoms. The lowest BCUT2D eigenvalue weighted by Gasteiger charge is -2.34. The number of methoxy groups -OCH3 is 1. The zero-order valence-corrected chi connectivity index (χ0v) is 14.3. The van der Waals surface area contributed by atoms with Crippen LogP contribution in [0.1, 0.15) is 38.7 Å². The molecule has 0 radical (unpaired) electrons. The molecule has 128 valence electrons. The first-order valence-corrected chi connectivity index (χ1v) is 8.40. The fourth-order valence-corrected chi connectivity index (χ4v) is 3.01. The number of nitrogens with zero attached hydrogens (tertiary/aromatic N) is 1. The molecule has 1 aromatic rings. The summed E-state index contributed by atoms with van der Waals surface area (Å²) < 4.78 is 16.2. The van der Waals surface area contributed by atoms with Gasteiger partial charge in [0.05, 0.1) is 20.3 Å². The summed E-state index contributed by atoms with van der Waals surface area (Å²) in [4.78, 5) is 14.4. The summed E-state index contributed by atoms with van der Waals surface area (Å²) in [5, 5.41) is 0. The van der Waals surface area contributed by atoms with Gasteiger partial charge in [0.15, 0.2) is 11.5 Å². The zero-order valence-electron chi connectivity index (χ0n) is 14.3. The van der Waals surface area contributed by atoms with E-state index in [-0.39, 0.29) is 12.0 Å². The Morgan fingerprint density at radius 1 is 1.22 bits per heavy atom. The Kier molecular flexibility index (Phi) is 6.71. The second-order valence-electron chi connectivity index (χ2n) is 5.65. The van der Waals surface area contributed by atoms with Gasteiger partial charge in [-0.15, -0.1) is 0 Å². The normalized spacial score (nSPS) is 18.5. The van der Waals surface area contributed by atoms with Crippen molar-refractivity contribution < 1.29 is 19.0 Å². The number of ether oxygens (including phenoxy) is 3. The van der Waals surface area contributed by atoms with Gasteiger partial charge in [-0.2, -0.15) is 0 Å². The first-order chi connectivity index (χ1) is 11.2. The van der Waals surface area contributed by atoms with Gasteiger partial charge in [-0.1, -0.05) is 12.5 Å². The number of esters is 1. The standard InChI is InChI=1S/C18H27NO4/c1-4-22-17-12-14(9-10-16(17)21-3)13-19-11-7-6-8-15(19)18(20)23-5-2/h9-10,12,15H,4-8,11,13H2,1-3H3/t15-/m1/s1. The van der Waals surface area contributed by atoms with E-state index in [9.17, 15) is 4.79 Å². The minimum absolute atomic E-state index is 0.106. The Bertz CT molecular complexity index is 518. The van der Waals surface area contributed by atoms with E-state index in [1.807, 2.05) is 32.0 Å². The molecule has 0 amide bonds. The van der Waals surface area contributed by atoms with E-state index in [0.717, 1.165) is 42.9 Å². The van der Waals surface area contributed by atoms with Crippen LogP contribution in [0.5, 0.6) is 11.5 Å². The molecule has 0 aliphatic carbocycles. The minimum Gasteiger partial charge on any atom is -0.493 e. The maximum atomic E-state index is 12.2. The average Bonchev–Trinajstić information content (AvgIpc) is 2.56. The van der Waals surface area contributed by atoms with Crippen molar-refractivity contribution in [1.82, 2.24) is 4.90 Å². The van der Waals surface area contributed by atoms with E-state index in [0.29, 0.717) is 19.8 Å². The molecule has 0 N–H and O–H groups in total. The summed E-state index contributed by atoms with van der Waals surface area (Å²) in [7, 11) is 1.64. The van der Waals surface area contributed by atoms with Crippen LogP contribution in [0.25, 0.3) is 0 Å². The molecular weight excluding hydrogens is 294 g/mol. The van der Waals surface area contributed by atoms with Crippen LogP contribution in [0.2, 0.25) is 0 Å². The van der Waals surface area contributed by atoms with Crippen LogP contribution in [0, 0.1) is 0 Å². The van der Waals surface area contributed by atoms with Crippen LogP contribution in [-0.2, 0) is 16.1 Å². The summed E-state index contributed by atoms with van der Waals surface area (Å²) >= 11 is 0. The van der Waals surface area contributed by atoms with Crippen LogP contribution < -0.4 is 9.47 Å². The van der Waals surface area contributed by atoms with E-state index in [1.54, 1.807) is 7.11 Å². The maximum absolute atomic E-state index is 12.2. The average molecular weight is 321 g/mol. The second-order valence-corrected chi connectivity index (χ2v) is 5.65. The molecule has 2 rings (SSSR count). The number of rotatable bonds is 7. The SMILES string of the molecule is CCOC(=O)[C@H]1CCCCN1Cc1ccc(OC)c(OCC)c1. The van der Waals surface area contributed by atoms with Crippen LogP contribution in [0.4, 0.5) is 0 Å². The third kappa shape index (κ3) is 4.61. The van der Waals surface area contributed by atoms with Gasteiger partial charge in [0.1, 0.15) is 6.04 Å². The van der Waals surface area contributed by atoms with Crippen LogP contribution in [0.15, 0.2) is 18.2 Å². The lowest BCUT2D eigenvalue weighted by atomic mass is 10.0. The first kappa shape index (κ1) is 17.6. The fraction of sp³-hybridized carbons (Fsp3) is 0.611. The minimum atomic E-state index is -0.138. The highest BCUT2D eigenvalue weighted by atomic mass is 16.5. The lowest BCUT2D eigenvalue weighted by Crippen LogP contribution is -2.44. The summed E-state index contributed by atoms with van der Waals surface area (Å²) in [6.07, 6.45) is 3.06. The number of benzene rings is 1. The van der Waals surface area contributed by atoms with Gasteiger partial charge in [0.25, 0.3) is 0 Å². The topological polar surface area (TPSA) is 48.0 Å². The summed E-state index contributed by atoms with van der Waals surface area (Å²) in [5.74, 6) is 1.37. The number of carbonyl (C=O) groups is 1. The molecule has 1 aliphatic rings. The van der Waals surface area contributed by atoms with Gasteiger partial charge < -0.3 is 14.2 Å². The third-order valence-corrected chi connectivity index (χ3v) is 4.09. The highest BCUT2D eigenvalue weighted by Crippen LogP contribution is 2.29. The molecule has 0 aromatic heterocycles. The number of piperidine rings is 1. The number of likely N-dealkylation sites (tertiary alicyclic amines) is 1. The number of carbonyl (C=O) groups excluding carboxylic acids is 1. The second kappa shape index (κ2) is 8.77. The van der Waals surface area contributed by atoms with Crippen molar-refractivity contribution in [2.24, 2.45) is 0 Å². The zero-order chi connectivity index (χ0) is 16.7. The molecule has 0 saturated carbocycles. The largest absolute Gasteiger partial charge is 0.493 e. The molecule has 0 bridgehead atoms. The van der Waals surface area contributed by atoms with E-state index in [1.165, 1.54) is 0 Å². The van der Waals surface area contributed by atoms with Crippen molar-refractivity contribution in [3.8, 4) is 11.5 Å². The van der Waals surface area contributed by atoms with Crippen LogP contribution >= 0.6 is 0 Å². The van der Waals surface area contributed by atoms with Crippen molar-refractivity contribution in [1.29, 1.82) is 0 Å². The maximum Gasteiger partial charge on any atom is 0.323 e. The molecule has 1 saturated heterocycles. The van der Waals surface area contributed by atoms with Gasteiger partial charge in [-0.25, -0.2) is 0 Å². The molecule has 1 aliphatic heterocycles. The van der Waals surface area contributed by atoms with E-state index in [2.05, 4.69) is 4.90 Å². The van der Waals surface area contributed by atoms with Crippen molar-refractivity contribution in [2.45, 2.75) is 45.7 Å². The van der Waals surface area contributed by atoms with E-state index in [4.69, 9.17) is 14.2 Å². The molecule has 5 nitrogen and oxygen atoms in total. The number of hydrogen-bond acceptors (Lipinski definition) is 5. The fourth-order valence-electron chi connectivity index (χ4n) is 3.01. The van der Waals surface area contributed by atoms with Gasteiger partial charge >= 0.3 is 5.97 Å². The molecule has 1 heterocycles. The molecule has 5 heteroatoms. The summed E-state index contributed by atoms with van der Waals surface area (Å²) in [5.41, 5.74) is 1.12. The first-order valence-electron chi connectivity index (χ1n) is 8.40. The number of hydrogen-bond donors (Lipinski definition) is 0. The Morgan fingerprint density at radius 2 is 2.04 bits per heavy atom. The van der Waals surface area contributed by atoms with Crippen molar-refractivity contribution >= 4 is 5.97 Å². The molecule has 1 atom stereocenters. The molecular formula is C18H27NO4. The van der Waals surface area contributed by atoms with Crippen LogP contribution in [0.3, 0.4) is 0 Å². The van der Waals surface area contributed by atoms with Crippen LogP contribution in [-0.4, -0.2) is 43.8 Å². The van der Waals surface area contributed by atoms with Gasteiger partial charge in [-0.3, -0.25) is 9.69 Å². The lowest BCUT2D eigenvalue weighted by molar-refractivity contribution is -0.151. The quantitative estimate of drug-likeness (QED) is 0.723. The molecule has 0 unspecified atom stereocenters. The van der Waals surface area contributed by atoms with Crippen molar-refractivity contribution in [3.05, 3.63) is 23.8 Å². The molecule has 0 spiro atoms. The molecule has 1 fully saturated rings. The van der Waals surface area contributed by atoms with Crippen molar-refractivity contribution in [2.75, 3.05) is 26.9 Å². The van der Waals surface area contributed by atoms with E-state index < -0.39 is 0 Å². The van der Waals surface area contributed by atoms with Gasteiger partial charge in [0, 0.05) is 6.54 Å². The Hall–Kier alpha value is -1.75. The Balaban J connectivity index is 2.12. The Morgan fingerprint density at radius 3 is 2.74 bits per heavy atom. The van der Waals surface area contributed by atoms with Crippen molar-refractivity contribution in [3.63, 3.8) is 0 Å². The van der Waals surface area contributed by atoms with Gasteiger partial charge in [0.2, 0.25) is 0 Å². The highest BCUT2D eigenvalue weighted by molar-refractivity contribution is 5.75. The summed E-state index contributed by atoms with van der Waals surface area (Å²) in [6.45, 7) is 6.46. The summed E-state index contributed by atoms with van der Waals surface area (Å²) in [6, 6.07) is 5.81. The predicted molar refractivity (Wildman–Crippen MR) is 88.8 cm³/mol.